The van der Waals surface area contributed by atoms with Crippen LogP contribution >= 0.6 is 11.6 Å². The molecule has 0 spiro atoms. The minimum Gasteiger partial charge on any atom is -0.354 e. The van der Waals surface area contributed by atoms with E-state index < -0.39 is 10.0 Å². The fourth-order valence-electron chi connectivity index (χ4n) is 4.46. The van der Waals surface area contributed by atoms with Gasteiger partial charge in [-0.15, -0.1) is 0 Å². The average Bonchev–Trinajstić information content (AvgIpc) is 3.19. The van der Waals surface area contributed by atoms with Crippen LogP contribution in [0.3, 0.4) is 0 Å². The second kappa shape index (κ2) is 10.2. The van der Waals surface area contributed by atoms with E-state index in [1.54, 1.807) is 12.1 Å². The Morgan fingerprint density at radius 1 is 1.10 bits per heavy atom. The third kappa shape index (κ3) is 6.17. The molecule has 1 atom stereocenters. The molecule has 1 saturated carbocycles. The monoisotopic (exact) mass is 441 g/mol. The molecule has 0 aromatic heterocycles. The Bertz CT molecular complexity index is 777. The Kier molecular flexibility index (Phi) is 7.96. The smallest absolute Gasteiger partial charge is 0.240 e. The van der Waals surface area contributed by atoms with Crippen molar-refractivity contribution in [3.63, 3.8) is 0 Å². The summed E-state index contributed by atoms with van der Waals surface area (Å²) in [5, 5.41) is 3.66. The summed E-state index contributed by atoms with van der Waals surface area (Å²) in [6, 6.07) is 6.64. The summed E-state index contributed by atoms with van der Waals surface area (Å²) in [5.41, 5.74) is 0. The zero-order chi connectivity index (χ0) is 20.9. The quantitative estimate of drug-likeness (QED) is 0.650. The van der Waals surface area contributed by atoms with Crippen LogP contribution in [0.25, 0.3) is 0 Å². The van der Waals surface area contributed by atoms with Crippen LogP contribution in [0.4, 0.5) is 0 Å². The van der Waals surface area contributed by atoms with E-state index in [9.17, 15) is 13.2 Å². The average molecular weight is 442 g/mol. The normalized spacial score (nSPS) is 25.8. The maximum absolute atomic E-state index is 12.5. The van der Waals surface area contributed by atoms with Gasteiger partial charge in [0.15, 0.2) is 0 Å². The fraction of sp³-hybridized carbons (Fsp3) is 0.667. The molecule has 1 heterocycles. The van der Waals surface area contributed by atoms with Crippen LogP contribution in [0.15, 0.2) is 29.2 Å². The zero-order valence-corrected chi connectivity index (χ0v) is 18.6. The SMILES string of the molecule is CCN1CCCC1CNC(=O)C1CCC(CNS(=O)(=O)c2ccc(Cl)cc2)CC1. The molecule has 1 aliphatic heterocycles. The molecular weight excluding hydrogens is 410 g/mol. The van der Waals surface area contributed by atoms with Gasteiger partial charge in [0.2, 0.25) is 15.9 Å². The Balaban J connectivity index is 1.39. The first-order valence-corrected chi connectivity index (χ1v) is 12.5. The van der Waals surface area contributed by atoms with Gasteiger partial charge in [0.1, 0.15) is 0 Å². The molecule has 29 heavy (non-hydrogen) atoms. The number of likely N-dealkylation sites (N-methyl/N-ethyl adjacent to an activating group) is 1. The van der Waals surface area contributed by atoms with Gasteiger partial charge >= 0.3 is 0 Å². The number of sulfonamides is 1. The zero-order valence-electron chi connectivity index (χ0n) is 17.1. The number of hydrogen-bond donors (Lipinski definition) is 2. The molecular formula is C21H32ClN3O3S. The first-order chi connectivity index (χ1) is 13.9. The molecule has 1 aromatic rings. The number of rotatable bonds is 8. The number of nitrogens with zero attached hydrogens (tertiary/aromatic N) is 1. The molecule has 3 rings (SSSR count). The number of hydrogen-bond acceptors (Lipinski definition) is 4. The minimum atomic E-state index is -3.52. The van der Waals surface area contributed by atoms with Gasteiger partial charge in [0.05, 0.1) is 4.90 Å². The first kappa shape index (κ1) is 22.5. The Morgan fingerprint density at radius 3 is 2.45 bits per heavy atom. The molecule has 2 N–H and O–H groups in total. The van der Waals surface area contributed by atoms with Gasteiger partial charge in [-0.05, 0) is 81.8 Å². The molecule has 6 nitrogen and oxygen atoms in total. The van der Waals surface area contributed by atoms with Gasteiger partial charge in [-0.3, -0.25) is 9.69 Å². The van der Waals surface area contributed by atoms with Crippen LogP contribution in [0.5, 0.6) is 0 Å². The third-order valence-electron chi connectivity index (χ3n) is 6.32. The summed E-state index contributed by atoms with van der Waals surface area (Å²) < 4.78 is 27.5. The topological polar surface area (TPSA) is 78.5 Å². The van der Waals surface area contributed by atoms with Crippen LogP contribution in [0, 0.1) is 11.8 Å². The predicted octanol–water partition coefficient (Wildman–Crippen LogP) is 3.03. The molecule has 1 saturated heterocycles. The largest absolute Gasteiger partial charge is 0.354 e. The second-order valence-corrected chi connectivity index (χ2v) is 10.4. The molecule has 162 valence electrons. The molecule has 0 bridgehead atoms. The Morgan fingerprint density at radius 2 is 1.79 bits per heavy atom. The van der Waals surface area contributed by atoms with Crippen molar-refractivity contribution in [3.8, 4) is 0 Å². The maximum atomic E-state index is 12.5. The van der Waals surface area contributed by atoms with Gasteiger partial charge in [-0.1, -0.05) is 18.5 Å². The van der Waals surface area contributed by atoms with Crippen molar-refractivity contribution in [1.82, 2.24) is 14.9 Å². The number of benzene rings is 1. The molecule has 1 amide bonds. The van der Waals surface area contributed by atoms with E-state index in [2.05, 4.69) is 21.9 Å². The van der Waals surface area contributed by atoms with Crippen LogP contribution in [0.1, 0.15) is 45.4 Å². The number of carbonyl (C=O) groups is 1. The summed E-state index contributed by atoms with van der Waals surface area (Å²) in [6.45, 7) is 5.49. The van der Waals surface area contributed by atoms with E-state index in [1.807, 2.05) is 0 Å². The molecule has 1 unspecified atom stereocenters. The van der Waals surface area contributed by atoms with Crippen molar-refractivity contribution in [2.24, 2.45) is 11.8 Å². The molecule has 8 heteroatoms. The van der Waals surface area contributed by atoms with Crippen molar-refractivity contribution >= 4 is 27.5 Å². The van der Waals surface area contributed by atoms with Gasteiger partial charge in [-0.2, -0.15) is 0 Å². The van der Waals surface area contributed by atoms with E-state index in [4.69, 9.17) is 11.6 Å². The number of nitrogens with one attached hydrogen (secondary N) is 2. The highest BCUT2D eigenvalue weighted by atomic mass is 35.5. The van der Waals surface area contributed by atoms with Gasteiger partial charge in [-0.25, -0.2) is 13.1 Å². The standard InChI is InChI=1S/C21H32ClN3O3S/c1-2-25-13-3-4-19(25)15-23-21(26)17-7-5-16(6-8-17)14-24-29(27,28)20-11-9-18(22)10-12-20/h9-12,16-17,19,24H,2-8,13-15H2,1H3,(H,23,26). The summed E-state index contributed by atoms with van der Waals surface area (Å²) in [6.07, 6.45) is 5.75. The van der Waals surface area contributed by atoms with Crippen molar-refractivity contribution in [2.45, 2.75) is 56.4 Å². The molecule has 2 aliphatic rings. The van der Waals surface area contributed by atoms with Crippen molar-refractivity contribution in [2.75, 3.05) is 26.2 Å². The number of amides is 1. The van der Waals surface area contributed by atoms with E-state index >= 15 is 0 Å². The molecule has 1 aromatic carbocycles. The third-order valence-corrected chi connectivity index (χ3v) is 8.01. The maximum Gasteiger partial charge on any atom is 0.240 e. The number of halogens is 1. The highest BCUT2D eigenvalue weighted by Crippen LogP contribution is 2.29. The predicted molar refractivity (Wildman–Crippen MR) is 115 cm³/mol. The Hall–Kier alpha value is -1.15. The van der Waals surface area contributed by atoms with Crippen LogP contribution in [0.2, 0.25) is 5.02 Å². The van der Waals surface area contributed by atoms with E-state index in [1.165, 1.54) is 18.6 Å². The molecule has 1 aliphatic carbocycles. The molecule has 2 fully saturated rings. The summed E-state index contributed by atoms with van der Waals surface area (Å²) in [7, 11) is -3.52. The van der Waals surface area contributed by atoms with Crippen LogP contribution in [-0.2, 0) is 14.8 Å². The summed E-state index contributed by atoms with van der Waals surface area (Å²) in [5.74, 6) is 0.482. The lowest BCUT2D eigenvalue weighted by atomic mass is 9.81. The fourth-order valence-corrected chi connectivity index (χ4v) is 5.70. The van der Waals surface area contributed by atoms with E-state index in [-0.39, 0.29) is 22.6 Å². The summed E-state index contributed by atoms with van der Waals surface area (Å²) >= 11 is 5.82. The highest BCUT2D eigenvalue weighted by molar-refractivity contribution is 7.89. The second-order valence-electron chi connectivity index (χ2n) is 8.19. The van der Waals surface area contributed by atoms with Gasteiger partial charge in [0, 0.05) is 30.1 Å². The van der Waals surface area contributed by atoms with Crippen LogP contribution < -0.4 is 10.0 Å². The van der Waals surface area contributed by atoms with E-state index in [0.717, 1.165) is 51.7 Å². The van der Waals surface area contributed by atoms with Crippen LogP contribution in [-0.4, -0.2) is 51.4 Å². The summed E-state index contributed by atoms with van der Waals surface area (Å²) in [4.78, 5) is 15.2. The number of likely N-dealkylation sites (tertiary alicyclic amines) is 1. The highest BCUT2D eigenvalue weighted by Gasteiger charge is 2.29. The lowest BCUT2D eigenvalue weighted by Crippen LogP contribution is -2.43. The lowest BCUT2D eigenvalue weighted by molar-refractivity contribution is -0.126. The first-order valence-electron chi connectivity index (χ1n) is 10.7. The van der Waals surface area contributed by atoms with Crippen molar-refractivity contribution in [3.05, 3.63) is 29.3 Å². The van der Waals surface area contributed by atoms with E-state index in [0.29, 0.717) is 17.6 Å². The van der Waals surface area contributed by atoms with Gasteiger partial charge < -0.3 is 5.32 Å². The van der Waals surface area contributed by atoms with Crippen molar-refractivity contribution in [1.29, 1.82) is 0 Å². The lowest BCUT2D eigenvalue weighted by Gasteiger charge is -2.29. The number of carbonyl (C=O) groups excluding carboxylic acids is 1. The van der Waals surface area contributed by atoms with Crippen molar-refractivity contribution < 1.29 is 13.2 Å². The molecule has 0 radical (unpaired) electrons. The van der Waals surface area contributed by atoms with Gasteiger partial charge in [0.25, 0.3) is 0 Å². The minimum absolute atomic E-state index is 0.0515. The Labute approximate surface area is 179 Å².